The number of methoxy groups -OCH3 is 1. The molecule has 2 aromatic rings. The van der Waals surface area contributed by atoms with Gasteiger partial charge in [-0.05, 0) is 84.5 Å². The highest BCUT2D eigenvalue weighted by atomic mass is 127. The van der Waals surface area contributed by atoms with Crippen molar-refractivity contribution in [2.45, 2.75) is 33.5 Å². The van der Waals surface area contributed by atoms with Gasteiger partial charge in [-0.1, -0.05) is 29.8 Å². The average Bonchev–Trinajstić information content (AvgIpc) is 3.00. The van der Waals surface area contributed by atoms with E-state index in [1.54, 1.807) is 33.1 Å². The monoisotopic (exact) mass is 581 g/mol. The summed E-state index contributed by atoms with van der Waals surface area (Å²) >= 11 is 2.93. The van der Waals surface area contributed by atoms with Crippen molar-refractivity contribution in [3.8, 4) is 11.5 Å². The van der Waals surface area contributed by atoms with Crippen LogP contribution in [0.2, 0.25) is 0 Å². The van der Waals surface area contributed by atoms with Gasteiger partial charge in [0.15, 0.2) is 11.5 Å². The second-order valence-electron chi connectivity index (χ2n) is 7.61. The first-order chi connectivity index (χ1) is 15.7. The van der Waals surface area contributed by atoms with E-state index in [0.29, 0.717) is 23.7 Å². The molecule has 0 saturated carbocycles. The predicted octanol–water partition coefficient (Wildman–Crippen LogP) is 5.18. The van der Waals surface area contributed by atoms with Gasteiger partial charge in [0, 0.05) is 0 Å². The number of hydrogen-bond acceptors (Lipinski definition) is 7. The second kappa shape index (κ2) is 11.1. The Balaban J connectivity index is 1.77. The van der Waals surface area contributed by atoms with E-state index in [-0.39, 0.29) is 11.0 Å². The largest absolute Gasteiger partial charge is 0.493 e. The standard InChI is InChI=1S/C24H24INO6S/c1-14(2)32-21(27)12-26-23(28)20(33-24(26)29)11-17-9-18(25)22(19(10-17)30-4)31-13-16-7-5-15(3)6-8-16/h5-11,14H,12-13H2,1-4H3/b20-11+. The Morgan fingerprint density at radius 2 is 1.88 bits per heavy atom. The maximum atomic E-state index is 12.7. The van der Waals surface area contributed by atoms with Crippen LogP contribution < -0.4 is 9.47 Å². The third-order valence-corrected chi connectivity index (χ3v) is 6.29. The zero-order valence-electron chi connectivity index (χ0n) is 18.7. The van der Waals surface area contributed by atoms with Crippen LogP contribution in [0.4, 0.5) is 4.79 Å². The number of benzene rings is 2. The Labute approximate surface area is 210 Å². The summed E-state index contributed by atoms with van der Waals surface area (Å²) in [5.41, 5.74) is 2.89. The van der Waals surface area contributed by atoms with Crippen LogP contribution in [0.15, 0.2) is 41.3 Å². The molecule has 0 unspecified atom stereocenters. The zero-order valence-corrected chi connectivity index (χ0v) is 21.7. The number of nitrogens with zero attached hydrogens (tertiary/aromatic N) is 1. The van der Waals surface area contributed by atoms with Gasteiger partial charge >= 0.3 is 5.97 Å². The zero-order chi connectivity index (χ0) is 24.1. The van der Waals surface area contributed by atoms with Crippen molar-refractivity contribution in [1.29, 1.82) is 0 Å². The van der Waals surface area contributed by atoms with Crippen LogP contribution in [0.5, 0.6) is 11.5 Å². The van der Waals surface area contributed by atoms with Crippen LogP contribution >= 0.6 is 34.4 Å². The number of thioether (sulfide) groups is 1. The molecule has 0 aromatic heterocycles. The summed E-state index contributed by atoms with van der Waals surface area (Å²) in [5.74, 6) is -0.0420. The first-order valence-electron chi connectivity index (χ1n) is 10.2. The Kier molecular flexibility index (Phi) is 8.41. The number of imide groups is 1. The molecule has 0 spiro atoms. The summed E-state index contributed by atoms with van der Waals surface area (Å²) in [5, 5.41) is -0.508. The van der Waals surface area contributed by atoms with Crippen molar-refractivity contribution in [2.24, 2.45) is 0 Å². The molecule has 0 aliphatic carbocycles. The third-order valence-electron chi connectivity index (χ3n) is 4.58. The highest BCUT2D eigenvalue weighted by molar-refractivity contribution is 14.1. The van der Waals surface area contributed by atoms with Crippen molar-refractivity contribution < 1.29 is 28.6 Å². The predicted molar refractivity (Wildman–Crippen MR) is 135 cm³/mol. The van der Waals surface area contributed by atoms with E-state index in [1.807, 2.05) is 37.3 Å². The van der Waals surface area contributed by atoms with E-state index in [9.17, 15) is 14.4 Å². The van der Waals surface area contributed by atoms with Crippen LogP contribution in [-0.2, 0) is 20.9 Å². The molecule has 0 N–H and O–H groups in total. The molecule has 1 heterocycles. The third kappa shape index (κ3) is 6.50. The smallest absolute Gasteiger partial charge is 0.326 e. The number of halogens is 1. The normalized spacial score (nSPS) is 14.8. The fraction of sp³-hybridized carbons (Fsp3) is 0.292. The molecule has 33 heavy (non-hydrogen) atoms. The van der Waals surface area contributed by atoms with Crippen molar-refractivity contribution in [1.82, 2.24) is 4.90 Å². The van der Waals surface area contributed by atoms with Crippen LogP contribution in [0.1, 0.15) is 30.5 Å². The number of carbonyl (C=O) groups excluding carboxylic acids is 3. The summed E-state index contributed by atoms with van der Waals surface area (Å²) < 4.78 is 17.3. The Hall–Kier alpha value is -2.53. The van der Waals surface area contributed by atoms with Crippen LogP contribution in [0, 0.1) is 10.5 Å². The minimum atomic E-state index is -0.625. The van der Waals surface area contributed by atoms with E-state index in [1.165, 1.54) is 5.56 Å². The molecule has 1 aliphatic heterocycles. The van der Waals surface area contributed by atoms with E-state index < -0.39 is 23.7 Å². The van der Waals surface area contributed by atoms with Crippen molar-refractivity contribution in [3.05, 3.63) is 61.6 Å². The highest BCUT2D eigenvalue weighted by Crippen LogP contribution is 2.37. The van der Waals surface area contributed by atoms with Gasteiger partial charge in [-0.15, -0.1) is 0 Å². The lowest BCUT2D eigenvalue weighted by molar-refractivity contribution is -0.149. The number of esters is 1. The van der Waals surface area contributed by atoms with E-state index >= 15 is 0 Å². The van der Waals surface area contributed by atoms with Gasteiger partial charge in [0.2, 0.25) is 0 Å². The van der Waals surface area contributed by atoms with Crippen LogP contribution in [-0.4, -0.2) is 41.8 Å². The highest BCUT2D eigenvalue weighted by Gasteiger charge is 2.36. The minimum Gasteiger partial charge on any atom is -0.493 e. The Morgan fingerprint density at radius 3 is 2.52 bits per heavy atom. The molecule has 1 saturated heterocycles. The summed E-state index contributed by atoms with van der Waals surface area (Å²) in [6.45, 7) is 5.41. The number of carbonyl (C=O) groups is 3. The maximum absolute atomic E-state index is 12.7. The Bertz CT molecular complexity index is 1100. The molecular formula is C24H24INO6S. The summed E-state index contributed by atoms with van der Waals surface area (Å²) in [6, 6.07) is 11.7. The first-order valence-corrected chi connectivity index (χ1v) is 12.1. The van der Waals surface area contributed by atoms with Crippen molar-refractivity contribution in [2.75, 3.05) is 13.7 Å². The molecular weight excluding hydrogens is 557 g/mol. The second-order valence-corrected chi connectivity index (χ2v) is 9.77. The molecule has 0 radical (unpaired) electrons. The van der Waals surface area contributed by atoms with Crippen molar-refractivity contribution >= 4 is 57.5 Å². The summed E-state index contributed by atoms with van der Waals surface area (Å²) in [7, 11) is 1.54. The fourth-order valence-corrected chi connectivity index (χ4v) is 4.64. The number of rotatable bonds is 8. The summed E-state index contributed by atoms with van der Waals surface area (Å²) in [6.07, 6.45) is 1.28. The van der Waals surface area contributed by atoms with E-state index in [2.05, 4.69) is 22.6 Å². The molecule has 174 valence electrons. The number of hydrogen-bond donors (Lipinski definition) is 0. The number of aryl methyl sites for hydroxylation is 1. The van der Waals surface area contributed by atoms with Crippen molar-refractivity contribution in [3.63, 3.8) is 0 Å². The van der Waals surface area contributed by atoms with Gasteiger partial charge in [-0.3, -0.25) is 19.3 Å². The molecule has 0 atom stereocenters. The number of amides is 2. The molecule has 2 aromatic carbocycles. The minimum absolute atomic E-state index is 0.225. The fourth-order valence-electron chi connectivity index (χ4n) is 3.02. The SMILES string of the molecule is COc1cc(/C=C2/SC(=O)N(CC(=O)OC(C)C)C2=O)cc(I)c1OCc1ccc(C)cc1. The van der Waals surface area contributed by atoms with Gasteiger partial charge < -0.3 is 14.2 Å². The lowest BCUT2D eigenvalue weighted by Crippen LogP contribution is -2.35. The Morgan fingerprint density at radius 1 is 1.18 bits per heavy atom. The maximum Gasteiger partial charge on any atom is 0.326 e. The van der Waals surface area contributed by atoms with Crippen LogP contribution in [0.25, 0.3) is 6.08 Å². The molecule has 1 fully saturated rings. The molecule has 2 amide bonds. The summed E-state index contributed by atoms with van der Waals surface area (Å²) in [4.78, 5) is 37.9. The first kappa shape index (κ1) is 25.1. The van der Waals surface area contributed by atoms with E-state index in [0.717, 1.165) is 25.8 Å². The van der Waals surface area contributed by atoms with E-state index in [4.69, 9.17) is 14.2 Å². The van der Waals surface area contributed by atoms with Gasteiger partial charge in [0.25, 0.3) is 11.1 Å². The topological polar surface area (TPSA) is 82.1 Å². The molecule has 7 nitrogen and oxygen atoms in total. The molecule has 0 bridgehead atoms. The molecule has 3 rings (SSSR count). The lowest BCUT2D eigenvalue weighted by atomic mass is 10.1. The van der Waals surface area contributed by atoms with Gasteiger partial charge in [0.05, 0.1) is 21.7 Å². The molecule has 9 heteroatoms. The van der Waals surface area contributed by atoms with Crippen LogP contribution in [0.3, 0.4) is 0 Å². The average molecular weight is 581 g/mol. The van der Waals surface area contributed by atoms with Gasteiger partial charge in [-0.2, -0.15) is 0 Å². The van der Waals surface area contributed by atoms with Gasteiger partial charge in [-0.25, -0.2) is 0 Å². The quantitative estimate of drug-likeness (QED) is 0.242. The number of ether oxygens (including phenoxy) is 3. The molecule has 1 aliphatic rings. The lowest BCUT2D eigenvalue weighted by Gasteiger charge is -2.14. The van der Waals surface area contributed by atoms with Gasteiger partial charge in [0.1, 0.15) is 13.2 Å².